The summed E-state index contributed by atoms with van der Waals surface area (Å²) in [5, 5.41) is 22.5. The van der Waals surface area contributed by atoms with E-state index >= 15 is 0 Å². The number of aromatic hydroxyl groups is 1. The highest BCUT2D eigenvalue weighted by molar-refractivity contribution is 6.30. The molecule has 0 bridgehead atoms. The number of hydrogen-bond donors (Lipinski definition) is 3. The molecule has 4 aromatic rings. The maximum Gasteiger partial charge on any atom is 0.336 e. The summed E-state index contributed by atoms with van der Waals surface area (Å²) in [5.74, 6) is -1.97. The van der Waals surface area contributed by atoms with Gasteiger partial charge in [0.1, 0.15) is 29.6 Å². The van der Waals surface area contributed by atoms with E-state index in [9.17, 15) is 24.2 Å². The van der Waals surface area contributed by atoms with Crippen LogP contribution in [-0.2, 0) is 17.8 Å². The lowest BCUT2D eigenvalue weighted by atomic mass is 10.0. The van der Waals surface area contributed by atoms with Crippen molar-refractivity contribution in [2.75, 3.05) is 13.7 Å². The molecule has 0 saturated carbocycles. The van der Waals surface area contributed by atoms with E-state index < -0.39 is 23.7 Å². The molecule has 1 atom stereocenters. The van der Waals surface area contributed by atoms with Gasteiger partial charge in [-0.15, -0.1) is 0 Å². The summed E-state index contributed by atoms with van der Waals surface area (Å²) >= 11 is 5.69. The zero-order chi connectivity index (χ0) is 27.2. The van der Waals surface area contributed by atoms with Crippen molar-refractivity contribution in [3.8, 4) is 11.5 Å². The van der Waals surface area contributed by atoms with Gasteiger partial charge in [-0.25, -0.2) is 14.2 Å². The van der Waals surface area contributed by atoms with Crippen molar-refractivity contribution >= 4 is 34.4 Å². The predicted molar refractivity (Wildman–Crippen MR) is 139 cm³/mol. The van der Waals surface area contributed by atoms with Crippen molar-refractivity contribution in [1.29, 1.82) is 0 Å². The second kappa shape index (κ2) is 11.9. The zero-order valence-electron chi connectivity index (χ0n) is 20.3. The van der Waals surface area contributed by atoms with E-state index in [0.717, 1.165) is 11.6 Å². The average Bonchev–Trinajstić information content (AvgIpc) is 2.90. The maximum absolute atomic E-state index is 13.7. The number of hydrogen-bond acceptors (Lipinski definition) is 6. The van der Waals surface area contributed by atoms with Crippen LogP contribution in [0.3, 0.4) is 0 Å². The van der Waals surface area contributed by atoms with E-state index in [4.69, 9.17) is 21.1 Å². The number of carbonyl (C=O) groups is 2. The van der Waals surface area contributed by atoms with Crippen LogP contribution in [0.4, 0.5) is 4.39 Å². The van der Waals surface area contributed by atoms with Crippen molar-refractivity contribution in [3.63, 3.8) is 0 Å². The Kier molecular flexibility index (Phi) is 8.40. The van der Waals surface area contributed by atoms with Crippen molar-refractivity contribution in [3.05, 3.63) is 100.0 Å². The number of halogens is 2. The molecule has 0 aliphatic rings. The van der Waals surface area contributed by atoms with Gasteiger partial charge in [0.15, 0.2) is 0 Å². The summed E-state index contributed by atoms with van der Waals surface area (Å²) in [6.07, 6.45) is 0.431. The monoisotopic (exact) mass is 538 g/mol. The highest BCUT2D eigenvalue weighted by Crippen LogP contribution is 2.24. The quantitative estimate of drug-likeness (QED) is 0.260. The lowest BCUT2D eigenvalue weighted by molar-refractivity contribution is 0.0699. The molecule has 0 fully saturated rings. The molecule has 0 aliphatic heterocycles. The van der Waals surface area contributed by atoms with Gasteiger partial charge in [-0.2, -0.15) is 0 Å². The highest BCUT2D eigenvalue weighted by atomic mass is 35.5. The van der Waals surface area contributed by atoms with Gasteiger partial charge in [-0.3, -0.25) is 4.79 Å². The molecule has 3 N–H and O–H groups in total. The number of amides is 1. The number of carbonyl (C=O) groups excluding carboxylic acids is 1. The molecular weight excluding hydrogens is 515 g/mol. The molecular formula is C28H24ClFN2O6. The van der Waals surface area contributed by atoms with Gasteiger partial charge in [0.25, 0.3) is 5.91 Å². The molecule has 1 amide bonds. The average molecular weight is 539 g/mol. The molecule has 38 heavy (non-hydrogen) atoms. The van der Waals surface area contributed by atoms with E-state index in [-0.39, 0.29) is 41.0 Å². The Hall–Kier alpha value is -4.21. The Labute approximate surface area is 222 Å². The third-order valence-corrected chi connectivity index (χ3v) is 6.06. The fourth-order valence-corrected chi connectivity index (χ4v) is 4.04. The van der Waals surface area contributed by atoms with Crippen LogP contribution >= 0.6 is 11.6 Å². The molecule has 1 aromatic heterocycles. The third-order valence-electron chi connectivity index (χ3n) is 5.75. The number of methoxy groups -OCH3 is 1. The molecule has 0 radical (unpaired) electrons. The number of nitrogens with zero attached hydrogens (tertiary/aromatic N) is 1. The highest BCUT2D eigenvalue weighted by Gasteiger charge is 2.20. The molecule has 0 spiro atoms. The molecule has 0 aliphatic carbocycles. The van der Waals surface area contributed by atoms with E-state index in [0.29, 0.717) is 22.9 Å². The van der Waals surface area contributed by atoms with Gasteiger partial charge in [0.05, 0.1) is 28.8 Å². The Bertz CT molecular complexity index is 1480. The minimum atomic E-state index is -1.22. The fourth-order valence-electron chi connectivity index (χ4n) is 3.92. The van der Waals surface area contributed by atoms with E-state index in [1.165, 1.54) is 25.3 Å². The Morgan fingerprint density at radius 1 is 1.05 bits per heavy atom. The van der Waals surface area contributed by atoms with E-state index in [1.54, 1.807) is 42.5 Å². The number of carboxylic acid groups (broad SMARTS) is 1. The second-order valence-corrected chi connectivity index (χ2v) is 8.98. The number of nitrogens with one attached hydrogen (secondary N) is 1. The lowest BCUT2D eigenvalue weighted by Crippen LogP contribution is -2.40. The summed E-state index contributed by atoms with van der Waals surface area (Å²) in [6, 6.07) is 16.4. The van der Waals surface area contributed by atoms with Gasteiger partial charge in [-0.1, -0.05) is 29.8 Å². The molecule has 1 unspecified atom stereocenters. The molecule has 8 nitrogen and oxygen atoms in total. The van der Waals surface area contributed by atoms with Gasteiger partial charge in [-0.05, 0) is 60.0 Å². The van der Waals surface area contributed by atoms with Crippen LogP contribution < -0.4 is 10.1 Å². The standard InChI is InChI=1S/C28H24ClFN2O6/c1-37-15-18(10-16-2-5-19(33)6-3-16)31-27(34)26-13-22(28(35)36)21-11-17(4-9-25(21)32-26)14-38-20-7-8-23(29)24(30)12-20/h2-9,11-13,18,33H,10,14-15H2,1H3,(H,31,34)(H,35,36). The Balaban J connectivity index is 1.55. The van der Waals surface area contributed by atoms with Crippen molar-refractivity contribution in [2.45, 2.75) is 19.1 Å². The molecule has 196 valence electrons. The third kappa shape index (κ3) is 6.56. The maximum atomic E-state index is 13.7. The molecule has 10 heteroatoms. The number of fused-ring (bicyclic) bond motifs is 1. The van der Waals surface area contributed by atoms with Crippen LogP contribution in [0.15, 0.2) is 66.7 Å². The van der Waals surface area contributed by atoms with Crippen molar-refractivity contribution in [2.24, 2.45) is 0 Å². The first kappa shape index (κ1) is 26.8. The summed E-state index contributed by atoms with van der Waals surface area (Å²) < 4.78 is 24.5. The number of carboxylic acids is 1. The number of aromatic carboxylic acids is 1. The number of benzene rings is 3. The number of ether oxygens (including phenoxy) is 2. The van der Waals surface area contributed by atoms with Crippen molar-refractivity contribution < 1.29 is 33.7 Å². The second-order valence-electron chi connectivity index (χ2n) is 8.57. The van der Waals surface area contributed by atoms with Crippen LogP contribution in [0.5, 0.6) is 11.5 Å². The van der Waals surface area contributed by atoms with E-state index in [1.807, 2.05) is 0 Å². The summed E-state index contributed by atoms with van der Waals surface area (Å²) in [4.78, 5) is 29.5. The minimum absolute atomic E-state index is 0.0195. The summed E-state index contributed by atoms with van der Waals surface area (Å²) in [6.45, 7) is 0.265. The van der Waals surface area contributed by atoms with Gasteiger partial charge < -0.3 is 25.0 Å². The first-order valence-corrected chi connectivity index (χ1v) is 11.9. The Morgan fingerprint density at radius 3 is 2.47 bits per heavy atom. The normalized spacial score (nSPS) is 11.8. The number of aromatic nitrogens is 1. The van der Waals surface area contributed by atoms with Crippen LogP contribution in [0, 0.1) is 5.82 Å². The minimum Gasteiger partial charge on any atom is -0.508 e. The fraction of sp³-hybridized carbons (Fsp3) is 0.179. The van der Waals surface area contributed by atoms with Crippen molar-refractivity contribution in [1.82, 2.24) is 10.3 Å². The van der Waals surface area contributed by atoms with Crippen LogP contribution in [0.1, 0.15) is 32.0 Å². The van der Waals surface area contributed by atoms with Crippen LogP contribution in [0.25, 0.3) is 10.9 Å². The van der Waals surface area contributed by atoms with Gasteiger partial charge in [0.2, 0.25) is 0 Å². The number of pyridine rings is 1. The van der Waals surface area contributed by atoms with Crippen LogP contribution in [-0.4, -0.2) is 46.8 Å². The lowest BCUT2D eigenvalue weighted by Gasteiger charge is -2.18. The smallest absolute Gasteiger partial charge is 0.336 e. The molecule has 3 aromatic carbocycles. The summed E-state index contributed by atoms with van der Waals surface area (Å²) in [7, 11) is 1.51. The molecule has 4 rings (SSSR count). The zero-order valence-corrected chi connectivity index (χ0v) is 21.0. The first-order chi connectivity index (χ1) is 18.2. The first-order valence-electron chi connectivity index (χ1n) is 11.6. The molecule has 0 saturated heterocycles. The largest absolute Gasteiger partial charge is 0.508 e. The molecule has 1 heterocycles. The number of phenols is 1. The topological polar surface area (TPSA) is 118 Å². The summed E-state index contributed by atoms with van der Waals surface area (Å²) in [5.41, 5.74) is 1.67. The van der Waals surface area contributed by atoms with Crippen LogP contribution in [0.2, 0.25) is 5.02 Å². The number of rotatable bonds is 10. The predicted octanol–water partition coefficient (Wildman–Crippen LogP) is 5.00. The Morgan fingerprint density at radius 2 is 1.79 bits per heavy atom. The number of phenolic OH excluding ortho intramolecular Hbond substituents is 1. The van der Waals surface area contributed by atoms with E-state index in [2.05, 4.69) is 10.3 Å². The van der Waals surface area contributed by atoms with Gasteiger partial charge in [0, 0.05) is 18.6 Å². The van der Waals surface area contributed by atoms with Gasteiger partial charge >= 0.3 is 5.97 Å². The SMILES string of the molecule is COCC(Cc1ccc(O)cc1)NC(=O)c1cc(C(=O)O)c2cc(COc3ccc(Cl)c(F)c3)ccc2n1.